The van der Waals surface area contributed by atoms with Crippen LogP contribution in [-0.4, -0.2) is 44.9 Å². The van der Waals surface area contributed by atoms with Crippen molar-refractivity contribution in [2.24, 2.45) is 5.92 Å². The number of halogens is 3. The third-order valence-electron chi connectivity index (χ3n) is 4.69. The molecule has 0 spiro atoms. The van der Waals surface area contributed by atoms with Gasteiger partial charge in [0.2, 0.25) is 5.91 Å². The van der Waals surface area contributed by atoms with Gasteiger partial charge in [-0.3, -0.25) is 4.79 Å². The van der Waals surface area contributed by atoms with Gasteiger partial charge in [-0.1, -0.05) is 17.7 Å². The number of hydrogen-bond donors (Lipinski definition) is 2. The topological polar surface area (TPSA) is 59.6 Å². The summed E-state index contributed by atoms with van der Waals surface area (Å²) in [4.78, 5) is 12.3. The summed E-state index contributed by atoms with van der Waals surface area (Å²) in [6, 6.07) is 4.73. The van der Waals surface area contributed by atoms with Crippen molar-refractivity contribution in [2.75, 3.05) is 32.8 Å². The molecule has 1 amide bonds. The maximum absolute atomic E-state index is 13.8. The highest BCUT2D eigenvalue weighted by Gasteiger charge is 2.29. The maximum Gasteiger partial charge on any atom is 0.249 e. The standard InChI is InChI=1S/C18H24ClFN2O3.ClH/c19-14-5-4-12(9-15(14)20)17-13(10-21-6-8-25-17)11-22-18(23)16-3-1-2-7-24-16;/h4-5,9,13,16-17,21H,1-3,6-8,10-11H2,(H,22,23);1H/t13-,16?,17-;/m0./s1. The van der Waals surface area contributed by atoms with Gasteiger partial charge in [-0.05, 0) is 37.0 Å². The molecule has 1 unspecified atom stereocenters. The van der Waals surface area contributed by atoms with Crippen molar-refractivity contribution in [3.8, 4) is 0 Å². The molecule has 1 aromatic carbocycles. The summed E-state index contributed by atoms with van der Waals surface area (Å²) < 4.78 is 25.3. The molecule has 0 aromatic heterocycles. The third-order valence-corrected chi connectivity index (χ3v) is 5.00. The Morgan fingerprint density at radius 3 is 2.88 bits per heavy atom. The van der Waals surface area contributed by atoms with Crippen molar-refractivity contribution < 1.29 is 18.7 Å². The first-order valence-corrected chi connectivity index (χ1v) is 9.19. The highest BCUT2D eigenvalue weighted by molar-refractivity contribution is 6.30. The minimum atomic E-state index is -0.460. The van der Waals surface area contributed by atoms with E-state index in [2.05, 4.69) is 10.6 Å². The number of carbonyl (C=O) groups excluding carboxylic acids is 1. The van der Waals surface area contributed by atoms with Gasteiger partial charge in [-0.25, -0.2) is 4.39 Å². The number of benzene rings is 1. The van der Waals surface area contributed by atoms with E-state index in [4.69, 9.17) is 21.1 Å². The Kier molecular flexibility index (Phi) is 8.57. The van der Waals surface area contributed by atoms with Crippen LogP contribution in [-0.2, 0) is 14.3 Å². The zero-order valence-electron chi connectivity index (χ0n) is 14.5. The maximum atomic E-state index is 13.8. The fourth-order valence-corrected chi connectivity index (χ4v) is 3.44. The first-order chi connectivity index (χ1) is 12.1. The van der Waals surface area contributed by atoms with Gasteiger partial charge in [0.15, 0.2) is 0 Å². The fraction of sp³-hybridized carbons (Fsp3) is 0.611. The molecule has 0 radical (unpaired) electrons. The average Bonchev–Trinajstić information content (AvgIpc) is 2.88. The van der Waals surface area contributed by atoms with Gasteiger partial charge in [0.1, 0.15) is 11.9 Å². The van der Waals surface area contributed by atoms with Crippen LogP contribution in [0.25, 0.3) is 0 Å². The first kappa shape index (κ1) is 21.4. The van der Waals surface area contributed by atoms with Crippen molar-refractivity contribution >= 4 is 29.9 Å². The minimum Gasteiger partial charge on any atom is -0.372 e. The molecule has 5 nitrogen and oxygen atoms in total. The molecule has 1 aromatic rings. The molecule has 0 saturated carbocycles. The van der Waals surface area contributed by atoms with Crippen LogP contribution in [0.2, 0.25) is 5.02 Å². The Morgan fingerprint density at radius 1 is 1.31 bits per heavy atom. The van der Waals surface area contributed by atoms with Gasteiger partial charge >= 0.3 is 0 Å². The molecule has 2 N–H and O–H groups in total. The van der Waals surface area contributed by atoms with E-state index in [1.165, 1.54) is 6.07 Å². The molecule has 3 atom stereocenters. The van der Waals surface area contributed by atoms with Crippen LogP contribution in [0.1, 0.15) is 30.9 Å². The molecular weight excluding hydrogens is 382 g/mol. The van der Waals surface area contributed by atoms with Gasteiger partial charge in [-0.2, -0.15) is 0 Å². The zero-order valence-corrected chi connectivity index (χ0v) is 16.1. The van der Waals surface area contributed by atoms with E-state index in [0.29, 0.717) is 26.3 Å². The monoisotopic (exact) mass is 406 g/mol. The van der Waals surface area contributed by atoms with Crippen LogP contribution in [0.5, 0.6) is 0 Å². The Hall–Kier alpha value is -0.920. The number of ether oxygens (including phenoxy) is 2. The summed E-state index contributed by atoms with van der Waals surface area (Å²) in [6.07, 6.45) is 2.12. The quantitative estimate of drug-likeness (QED) is 0.806. The second kappa shape index (κ2) is 10.4. The van der Waals surface area contributed by atoms with Crippen LogP contribution in [0.4, 0.5) is 4.39 Å². The largest absolute Gasteiger partial charge is 0.372 e. The number of hydrogen-bond acceptors (Lipinski definition) is 4. The van der Waals surface area contributed by atoms with Gasteiger partial charge in [0.05, 0.1) is 17.7 Å². The second-order valence-corrected chi connectivity index (χ2v) is 6.94. The van der Waals surface area contributed by atoms with E-state index < -0.39 is 5.82 Å². The second-order valence-electron chi connectivity index (χ2n) is 6.53. The predicted octanol–water partition coefficient (Wildman–Crippen LogP) is 2.86. The van der Waals surface area contributed by atoms with E-state index in [-0.39, 0.29) is 41.5 Å². The molecule has 26 heavy (non-hydrogen) atoms. The number of carbonyl (C=O) groups is 1. The lowest BCUT2D eigenvalue weighted by molar-refractivity contribution is -0.135. The van der Waals surface area contributed by atoms with E-state index in [1.54, 1.807) is 12.1 Å². The summed E-state index contributed by atoms with van der Waals surface area (Å²) >= 11 is 5.78. The number of nitrogens with one attached hydrogen (secondary N) is 2. The summed E-state index contributed by atoms with van der Waals surface area (Å²) in [5, 5.41) is 6.36. The molecular formula is C18H25Cl2FN2O3. The van der Waals surface area contributed by atoms with E-state index in [9.17, 15) is 9.18 Å². The lowest BCUT2D eigenvalue weighted by Crippen LogP contribution is -2.43. The molecule has 2 heterocycles. The molecule has 2 aliphatic heterocycles. The lowest BCUT2D eigenvalue weighted by atomic mass is 9.95. The summed E-state index contributed by atoms with van der Waals surface area (Å²) in [5.41, 5.74) is 0.735. The van der Waals surface area contributed by atoms with Crippen LogP contribution < -0.4 is 10.6 Å². The minimum absolute atomic E-state index is 0. The van der Waals surface area contributed by atoms with Crippen LogP contribution >= 0.6 is 24.0 Å². The first-order valence-electron chi connectivity index (χ1n) is 8.81. The van der Waals surface area contributed by atoms with Crippen LogP contribution in [0, 0.1) is 11.7 Å². The Balaban J connectivity index is 0.00000243. The molecule has 8 heteroatoms. The van der Waals surface area contributed by atoms with Crippen molar-refractivity contribution in [2.45, 2.75) is 31.5 Å². The third kappa shape index (κ3) is 5.54. The van der Waals surface area contributed by atoms with Crippen molar-refractivity contribution in [3.05, 3.63) is 34.6 Å². The lowest BCUT2D eigenvalue weighted by Gasteiger charge is -2.27. The highest BCUT2D eigenvalue weighted by Crippen LogP contribution is 2.29. The molecule has 2 fully saturated rings. The van der Waals surface area contributed by atoms with Gasteiger partial charge < -0.3 is 20.1 Å². The number of rotatable bonds is 4. The van der Waals surface area contributed by atoms with Crippen molar-refractivity contribution in [3.63, 3.8) is 0 Å². The Morgan fingerprint density at radius 2 is 2.15 bits per heavy atom. The van der Waals surface area contributed by atoms with Crippen molar-refractivity contribution in [1.29, 1.82) is 0 Å². The molecule has 0 aliphatic carbocycles. The van der Waals surface area contributed by atoms with Crippen LogP contribution in [0.15, 0.2) is 18.2 Å². The van der Waals surface area contributed by atoms with Crippen LogP contribution in [0.3, 0.4) is 0 Å². The number of amides is 1. The molecule has 0 bridgehead atoms. The molecule has 146 valence electrons. The van der Waals surface area contributed by atoms with Gasteiger partial charge in [0.25, 0.3) is 0 Å². The predicted molar refractivity (Wildman–Crippen MR) is 100 cm³/mol. The summed E-state index contributed by atoms with van der Waals surface area (Å²) in [7, 11) is 0. The summed E-state index contributed by atoms with van der Waals surface area (Å²) in [6.45, 7) is 3.02. The zero-order chi connectivity index (χ0) is 17.6. The Bertz CT molecular complexity index is 600. The molecule has 2 aliphatic rings. The highest BCUT2D eigenvalue weighted by atomic mass is 35.5. The van der Waals surface area contributed by atoms with Gasteiger partial charge in [-0.15, -0.1) is 12.4 Å². The summed E-state index contributed by atoms with van der Waals surface area (Å²) in [5.74, 6) is -0.543. The average molecular weight is 407 g/mol. The molecule has 3 rings (SSSR count). The van der Waals surface area contributed by atoms with Gasteiger partial charge in [0, 0.05) is 32.2 Å². The van der Waals surface area contributed by atoms with E-state index in [1.807, 2.05) is 0 Å². The van der Waals surface area contributed by atoms with E-state index >= 15 is 0 Å². The molecule has 2 saturated heterocycles. The fourth-order valence-electron chi connectivity index (χ4n) is 3.32. The van der Waals surface area contributed by atoms with E-state index in [0.717, 1.165) is 31.4 Å². The Labute approximate surface area is 164 Å². The van der Waals surface area contributed by atoms with Crippen molar-refractivity contribution in [1.82, 2.24) is 10.6 Å². The smallest absolute Gasteiger partial charge is 0.249 e. The normalized spacial score (nSPS) is 26.5. The SMILES string of the molecule is Cl.O=C(NC[C@@H]1CNCCO[C@H]1c1ccc(Cl)c(F)c1)C1CCCCO1.